The van der Waals surface area contributed by atoms with Gasteiger partial charge < -0.3 is 20.3 Å². The quantitative estimate of drug-likeness (QED) is 0.0282. The Morgan fingerprint density at radius 1 is 0.625 bits per heavy atom. The summed E-state index contributed by atoms with van der Waals surface area (Å²) in [5.41, 5.74) is 14.0. The first kappa shape index (κ1) is 53.9. The molecule has 370 valence electrons. The molecule has 10 rings (SSSR count). The summed E-state index contributed by atoms with van der Waals surface area (Å²) in [5, 5.41) is 23.5. The van der Waals surface area contributed by atoms with Gasteiger partial charge in [-0.05, 0) is 146 Å². The minimum atomic E-state index is -1.06. The Bertz CT molecular complexity index is 2710. The SMILES string of the molecule is C#C.C=C(C)C.CCCCCC1CCC(c2ccc(-c3ccc(C(=O)OC4(C=N)CCC(C=N)(OC=O)CC4)cc3)cc2)CC1.N=C1c2ccccc2-c2ccccc21.c1ccc2c(c1)Cc1ccccc1-2. The second-order valence-electron chi connectivity index (χ2n) is 19.6. The second-order valence-corrected chi connectivity index (χ2v) is 19.6. The third-order valence-corrected chi connectivity index (χ3v) is 14.3. The van der Waals surface area contributed by atoms with Gasteiger partial charge in [0.2, 0.25) is 0 Å². The fourth-order valence-corrected chi connectivity index (χ4v) is 10.3. The molecular weight excluding hydrogens is 887 g/mol. The molecule has 3 N–H and O–H groups in total. The van der Waals surface area contributed by atoms with E-state index in [1.54, 1.807) is 12.1 Å². The van der Waals surface area contributed by atoms with Crippen LogP contribution in [0.2, 0.25) is 0 Å². The largest absolute Gasteiger partial charge is 0.455 e. The number of nitrogens with one attached hydrogen (secondary N) is 3. The van der Waals surface area contributed by atoms with E-state index in [4.69, 9.17) is 25.7 Å². The van der Waals surface area contributed by atoms with Crippen LogP contribution in [-0.4, -0.2) is 41.8 Å². The Morgan fingerprint density at radius 3 is 1.51 bits per heavy atom. The van der Waals surface area contributed by atoms with Crippen molar-refractivity contribution in [1.82, 2.24) is 0 Å². The number of carbonyl (C=O) groups excluding carboxylic acids is 2. The molecule has 0 atom stereocenters. The normalized spacial score (nSPS) is 19.5. The number of allylic oxidation sites excluding steroid dienone is 1. The van der Waals surface area contributed by atoms with Gasteiger partial charge in [0.25, 0.3) is 6.47 Å². The van der Waals surface area contributed by atoms with Gasteiger partial charge in [-0.2, -0.15) is 0 Å². The first-order valence-electron chi connectivity index (χ1n) is 25.5. The molecule has 0 spiro atoms. The van der Waals surface area contributed by atoms with Crippen molar-refractivity contribution in [2.24, 2.45) is 5.92 Å². The van der Waals surface area contributed by atoms with Crippen LogP contribution in [0, 0.1) is 35.0 Å². The molecule has 0 aromatic heterocycles. The summed E-state index contributed by atoms with van der Waals surface area (Å²) in [6, 6.07) is 49.8. The van der Waals surface area contributed by atoms with E-state index < -0.39 is 17.2 Å². The van der Waals surface area contributed by atoms with Gasteiger partial charge in [-0.3, -0.25) is 10.2 Å². The van der Waals surface area contributed by atoms with Crippen LogP contribution >= 0.6 is 0 Å². The number of terminal acetylenes is 1. The smallest absolute Gasteiger partial charge is 0.339 e. The molecule has 0 amide bonds. The summed E-state index contributed by atoms with van der Waals surface area (Å²) in [6.45, 7) is 10.1. The topological polar surface area (TPSA) is 124 Å². The number of hydrogen-bond donors (Lipinski definition) is 3. The lowest BCUT2D eigenvalue weighted by Crippen LogP contribution is -2.48. The number of hydrogen-bond acceptors (Lipinski definition) is 7. The van der Waals surface area contributed by atoms with Gasteiger partial charge in [0.05, 0.1) is 11.3 Å². The highest BCUT2D eigenvalue weighted by atomic mass is 16.6. The Balaban J connectivity index is 0.000000205. The standard InChI is InChI=1S/C33H42N2O4.C13H9N.C13H10.C4H8.C2H2/c1-2-3-4-5-25-6-8-26(9-7-25)27-10-12-28(13-11-27)29-14-16-30(17-15-29)31(37)39-33(23-35)20-18-32(22-34,19-21-33)38-24-36;14-13-11-7-3-1-5-9(11)10-6-2-4-8-12(10)13;1-3-7-12-10(5-1)9-11-6-2-4-8-13(11)12;1-4(2)3;1-2/h10-17,22-26,34-35H,2-9,18-21H2,1H3;1-8,14H;1-8H,9H2;1H2,2-3H3;1-2H. The van der Waals surface area contributed by atoms with Crippen LogP contribution in [0.25, 0.3) is 33.4 Å². The number of unbranched alkanes of at least 4 members (excludes halogenated alkanes) is 2. The number of benzene rings is 6. The number of esters is 1. The summed E-state index contributed by atoms with van der Waals surface area (Å²) >= 11 is 0. The van der Waals surface area contributed by atoms with Crippen molar-refractivity contribution in [2.45, 2.75) is 121 Å². The van der Waals surface area contributed by atoms with Crippen molar-refractivity contribution in [1.29, 1.82) is 16.2 Å². The van der Waals surface area contributed by atoms with E-state index in [0.717, 1.165) is 47.0 Å². The van der Waals surface area contributed by atoms with E-state index in [2.05, 4.69) is 111 Å². The zero-order valence-corrected chi connectivity index (χ0v) is 42.4. The van der Waals surface area contributed by atoms with E-state index in [-0.39, 0.29) is 0 Å². The van der Waals surface area contributed by atoms with Crippen molar-refractivity contribution < 1.29 is 19.1 Å². The molecule has 2 saturated carbocycles. The summed E-state index contributed by atoms with van der Waals surface area (Å²) in [5.74, 6) is 1.09. The number of fused-ring (bicyclic) bond motifs is 6. The molecule has 7 heteroatoms. The van der Waals surface area contributed by atoms with E-state index >= 15 is 0 Å². The molecule has 0 bridgehead atoms. The van der Waals surface area contributed by atoms with Gasteiger partial charge in [-0.15, -0.1) is 19.4 Å². The molecule has 4 aliphatic carbocycles. The van der Waals surface area contributed by atoms with Crippen LogP contribution in [0.1, 0.15) is 142 Å². The predicted octanol–water partition coefficient (Wildman–Crippen LogP) is 16.1. The lowest BCUT2D eigenvalue weighted by Gasteiger charge is -2.40. The molecule has 0 saturated heterocycles. The van der Waals surface area contributed by atoms with Gasteiger partial charge in [0.15, 0.2) is 0 Å². The maximum absolute atomic E-state index is 12.9. The van der Waals surface area contributed by atoms with Gasteiger partial charge in [0, 0.05) is 23.6 Å². The number of ether oxygens (including phenoxy) is 2. The molecule has 2 fully saturated rings. The lowest BCUT2D eigenvalue weighted by molar-refractivity contribution is -0.142. The molecular formula is C65H71N3O4. The molecule has 0 heterocycles. The third kappa shape index (κ3) is 13.5. The average molecular weight is 958 g/mol. The fraction of sp³-hybridized carbons (Fsp3) is 0.308. The minimum absolute atomic E-state index is 0.316. The summed E-state index contributed by atoms with van der Waals surface area (Å²) in [7, 11) is 0. The molecule has 0 aliphatic heterocycles. The highest BCUT2D eigenvalue weighted by Gasteiger charge is 2.45. The van der Waals surface area contributed by atoms with Crippen molar-refractivity contribution in [2.75, 3.05) is 0 Å². The Hall–Kier alpha value is -7.43. The molecule has 6 aromatic rings. The molecule has 7 nitrogen and oxygen atoms in total. The third-order valence-electron chi connectivity index (χ3n) is 14.3. The van der Waals surface area contributed by atoms with E-state index in [0.29, 0.717) is 49.3 Å². The van der Waals surface area contributed by atoms with E-state index in [1.165, 1.54) is 95.9 Å². The maximum atomic E-state index is 12.9. The first-order valence-corrected chi connectivity index (χ1v) is 25.5. The maximum Gasteiger partial charge on any atom is 0.339 e. The Kier molecular flexibility index (Phi) is 19.6. The monoisotopic (exact) mass is 958 g/mol. The highest BCUT2D eigenvalue weighted by molar-refractivity contribution is 6.22. The molecule has 72 heavy (non-hydrogen) atoms. The second kappa shape index (κ2) is 26.1. The molecule has 0 unspecified atom stereocenters. The van der Waals surface area contributed by atoms with Gasteiger partial charge in [0.1, 0.15) is 11.2 Å². The lowest BCUT2D eigenvalue weighted by atomic mass is 9.76. The van der Waals surface area contributed by atoms with Gasteiger partial charge in [-0.25, -0.2) is 4.79 Å². The van der Waals surface area contributed by atoms with Crippen LogP contribution in [0.15, 0.2) is 158 Å². The Morgan fingerprint density at radius 2 is 1.06 bits per heavy atom. The van der Waals surface area contributed by atoms with Crippen molar-refractivity contribution in [3.63, 3.8) is 0 Å². The van der Waals surface area contributed by atoms with Crippen molar-refractivity contribution in [3.8, 4) is 46.2 Å². The zero-order chi connectivity index (χ0) is 51.5. The number of rotatable bonds is 12. The summed E-state index contributed by atoms with van der Waals surface area (Å²) in [6.07, 6.45) is 23.4. The number of carbonyl (C=O) groups is 2. The van der Waals surface area contributed by atoms with Crippen LogP contribution in [0.3, 0.4) is 0 Å². The molecule has 0 radical (unpaired) electrons. The average Bonchev–Trinajstić information content (AvgIpc) is 3.95. The molecule has 4 aliphatic rings. The van der Waals surface area contributed by atoms with Crippen LogP contribution < -0.4 is 0 Å². The van der Waals surface area contributed by atoms with Crippen molar-refractivity contribution >= 4 is 30.6 Å². The van der Waals surface area contributed by atoms with Crippen LogP contribution in [0.4, 0.5) is 0 Å². The highest BCUT2D eigenvalue weighted by Crippen LogP contribution is 2.41. The van der Waals surface area contributed by atoms with E-state index in [1.807, 2.05) is 62.4 Å². The van der Waals surface area contributed by atoms with Crippen LogP contribution in [0.5, 0.6) is 0 Å². The predicted molar refractivity (Wildman–Crippen MR) is 298 cm³/mol. The van der Waals surface area contributed by atoms with E-state index in [9.17, 15) is 9.59 Å². The van der Waals surface area contributed by atoms with Gasteiger partial charge in [-0.1, -0.05) is 172 Å². The fourth-order valence-electron chi connectivity index (χ4n) is 10.3. The molecule has 6 aromatic carbocycles. The van der Waals surface area contributed by atoms with Gasteiger partial charge >= 0.3 is 5.97 Å². The van der Waals surface area contributed by atoms with Crippen LogP contribution in [-0.2, 0) is 20.7 Å². The summed E-state index contributed by atoms with van der Waals surface area (Å²) < 4.78 is 10.9. The first-order chi connectivity index (χ1) is 35.0. The minimum Gasteiger partial charge on any atom is -0.455 e. The zero-order valence-electron chi connectivity index (χ0n) is 42.4. The Labute approximate surface area is 428 Å². The van der Waals surface area contributed by atoms with Crippen molar-refractivity contribution in [3.05, 3.63) is 191 Å². The summed E-state index contributed by atoms with van der Waals surface area (Å²) in [4.78, 5) is 23.8.